The minimum atomic E-state index is 0.502. The molecule has 0 unspecified atom stereocenters. The Hall–Kier alpha value is -1.23. The zero-order valence-electron chi connectivity index (χ0n) is 11.4. The Morgan fingerprint density at radius 3 is 3.00 bits per heavy atom. The monoisotopic (exact) mass is 262 g/mol. The smallest absolute Gasteiger partial charge is 0.123 e. The van der Waals surface area contributed by atoms with Crippen molar-refractivity contribution in [1.29, 1.82) is 0 Å². The average Bonchev–Trinajstić information content (AvgIpc) is 3.10. The SMILES string of the molecule is C(=NC1CCCCC1)c1cn(C[C@H]2CCOC2)nn1. The topological polar surface area (TPSA) is 52.3 Å². The van der Waals surface area contributed by atoms with Crippen LogP contribution in [0.15, 0.2) is 11.2 Å². The highest BCUT2D eigenvalue weighted by Gasteiger charge is 2.16. The number of aliphatic imine (C=N–C) groups is 1. The molecule has 3 rings (SSSR count). The molecule has 2 aliphatic rings. The van der Waals surface area contributed by atoms with Gasteiger partial charge in [-0.25, -0.2) is 0 Å². The summed E-state index contributed by atoms with van der Waals surface area (Å²) in [5.74, 6) is 0.588. The van der Waals surface area contributed by atoms with Crippen LogP contribution < -0.4 is 0 Å². The van der Waals surface area contributed by atoms with Crippen molar-refractivity contribution in [2.45, 2.75) is 51.1 Å². The fourth-order valence-corrected chi connectivity index (χ4v) is 2.87. The highest BCUT2D eigenvalue weighted by atomic mass is 16.5. The Kier molecular flexibility index (Phi) is 4.23. The second-order valence-corrected chi connectivity index (χ2v) is 5.67. The van der Waals surface area contributed by atoms with Crippen molar-refractivity contribution < 1.29 is 4.74 Å². The van der Waals surface area contributed by atoms with Crippen LogP contribution in [0.1, 0.15) is 44.2 Å². The first-order valence-corrected chi connectivity index (χ1v) is 7.41. The molecule has 5 nitrogen and oxygen atoms in total. The van der Waals surface area contributed by atoms with E-state index < -0.39 is 0 Å². The lowest BCUT2D eigenvalue weighted by atomic mass is 9.96. The molecule has 2 heterocycles. The molecule has 1 aromatic rings. The second kappa shape index (κ2) is 6.28. The minimum absolute atomic E-state index is 0.502. The van der Waals surface area contributed by atoms with Gasteiger partial charge in [-0.1, -0.05) is 24.5 Å². The number of rotatable bonds is 4. The predicted octanol–water partition coefficient (Wildman–Crippen LogP) is 2.07. The van der Waals surface area contributed by atoms with Gasteiger partial charge in [-0.15, -0.1) is 5.10 Å². The molecule has 2 fully saturated rings. The Balaban J connectivity index is 1.53. The number of ether oxygens (including phenoxy) is 1. The fourth-order valence-electron chi connectivity index (χ4n) is 2.87. The Morgan fingerprint density at radius 2 is 2.21 bits per heavy atom. The third kappa shape index (κ3) is 3.62. The maximum absolute atomic E-state index is 5.38. The van der Waals surface area contributed by atoms with E-state index in [0.717, 1.165) is 31.9 Å². The Morgan fingerprint density at radius 1 is 1.32 bits per heavy atom. The van der Waals surface area contributed by atoms with Crippen LogP contribution in [0, 0.1) is 5.92 Å². The van der Waals surface area contributed by atoms with Crippen molar-refractivity contribution in [2.75, 3.05) is 13.2 Å². The first-order chi connectivity index (χ1) is 9.40. The predicted molar refractivity (Wildman–Crippen MR) is 73.4 cm³/mol. The molecule has 0 amide bonds. The first kappa shape index (κ1) is 12.8. The lowest BCUT2D eigenvalue weighted by molar-refractivity contribution is 0.181. The molecule has 0 aromatic carbocycles. The third-order valence-corrected chi connectivity index (χ3v) is 4.02. The highest BCUT2D eigenvalue weighted by Crippen LogP contribution is 2.20. The van der Waals surface area contributed by atoms with Gasteiger partial charge in [-0.05, 0) is 19.3 Å². The molecule has 0 bridgehead atoms. The van der Waals surface area contributed by atoms with Crippen LogP contribution >= 0.6 is 0 Å². The molecule has 1 saturated heterocycles. The second-order valence-electron chi connectivity index (χ2n) is 5.67. The van der Waals surface area contributed by atoms with Crippen molar-refractivity contribution in [3.8, 4) is 0 Å². The maximum atomic E-state index is 5.38. The van der Waals surface area contributed by atoms with Gasteiger partial charge in [0, 0.05) is 19.1 Å². The zero-order valence-corrected chi connectivity index (χ0v) is 11.4. The molecular weight excluding hydrogens is 240 g/mol. The number of nitrogens with zero attached hydrogens (tertiary/aromatic N) is 4. The number of hydrogen-bond donors (Lipinski definition) is 0. The van der Waals surface area contributed by atoms with Gasteiger partial charge in [-0.2, -0.15) is 0 Å². The molecule has 0 spiro atoms. The van der Waals surface area contributed by atoms with Crippen LogP contribution in [-0.4, -0.2) is 40.5 Å². The lowest BCUT2D eigenvalue weighted by Gasteiger charge is -2.16. The van der Waals surface area contributed by atoms with E-state index in [1.165, 1.54) is 32.1 Å². The number of aromatic nitrogens is 3. The normalized spacial score (nSPS) is 25.4. The van der Waals surface area contributed by atoms with Crippen molar-refractivity contribution in [3.63, 3.8) is 0 Å². The molecule has 0 N–H and O–H groups in total. The van der Waals surface area contributed by atoms with Gasteiger partial charge in [0.15, 0.2) is 0 Å². The maximum Gasteiger partial charge on any atom is 0.123 e. The summed E-state index contributed by atoms with van der Waals surface area (Å²) >= 11 is 0. The average molecular weight is 262 g/mol. The Labute approximate surface area is 114 Å². The van der Waals surface area contributed by atoms with Crippen LogP contribution in [0.5, 0.6) is 0 Å². The summed E-state index contributed by atoms with van der Waals surface area (Å²) in [5.41, 5.74) is 0.879. The minimum Gasteiger partial charge on any atom is -0.381 e. The van der Waals surface area contributed by atoms with Gasteiger partial charge in [0.2, 0.25) is 0 Å². The summed E-state index contributed by atoms with van der Waals surface area (Å²) in [7, 11) is 0. The standard InChI is InChI=1S/C14H22N4O/c1-2-4-13(5-3-1)15-8-14-10-18(17-16-14)9-12-6-7-19-11-12/h8,10,12-13H,1-7,9,11H2/t12-/m1/s1. The lowest BCUT2D eigenvalue weighted by Crippen LogP contribution is -2.11. The number of hydrogen-bond acceptors (Lipinski definition) is 4. The third-order valence-electron chi connectivity index (χ3n) is 4.02. The van der Waals surface area contributed by atoms with E-state index in [1.807, 2.05) is 17.1 Å². The first-order valence-electron chi connectivity index (χ1n) is 7.41. The van der Waals surface area contributed by atoms with Crippen molar-refractivity contribution in [2.24, 2.45) is 10.9 Å². The molecule has 1 aromatic heterocycles. The van der Waals surface area contributed by atoms with E-state index in [9.17, 15) is 0 Å². The molecular formula is C14H22N4O. The summed E-state index contributed by atoms with van der Waals surface area (Å²) in [6, 6.07) is 0.502. The van der Waals surface area contributed by atoms with Crippen LogP contribution in [0.25, 0.3) is 0 Å². The summed E-state index contributed by atoms with van der Waals surface area (Å²) < 4.78 is 7.29. The molecule has 1 aliphatic heterocycles. The van der Waals surface area contributed by atoms with Gasteiger partial charge in [-0.3, -0.25) is 9.67 Å². The largest absolute Gasteiger partial charge is 0.381 e. The van der Waals surface area contributed by atoms with E-state index in [2.05, 4.69) is 15.3 Å². The summed E-state index contributed by atoms with van der Waals surface area (Å²) in [5, 5.41) is 8.33. The van der Waals surface area contributed by atoms with Gasteiger partial charge in [0.1, 0.15) is 5.69 Å². The summed E-state index contributed by atoms with van der Waals surface area (Å²) in [6.07, 6.45) is 11.5. The van der Waals surface area contributed by atoms with Crippen molar-refractivity contribution in [3.05, 3.63) is 11.9 Å². The molecule has 5 heteroatoms. The van der Waals surface area contributed by atoms with Crippen LogP contribution in [-0.2, 0) is 11.3 Å². The highest BCUT2D eigenvalue weighted by molar-refractivity contribution is 5.76. The van der Waals surface area contributed by atoms with Gasteiger partial charge >= 0.3 is 0 Å². The molecule has 1 saturated carbocycles. The van der Waals surface area contributed by atoms with Gasteiger partial charge in [0.05, 0.1) is 25.1 Å². The Bertz CT molecular complexity index is 417. The van der Waals surface area contributed by atoms with E-state index in [0.29, 0.717) is 12.0 Å². The van der Waals surface area contributed by atoms with Crippen LogP contribution in [0.2, 0.25) is 0 Å². The van der Waals surface area contributed by atoms with E-state index in [1.54, 1.807) is 0 Å². The molecule has 19 heavy (non-hydrogen) atoms. The van der Waals surface area contributed by atoms with Crippen molar-refractivity contribution in [1.82, 2.24) is 15.0 Å². The molecule has 1 atom stereocenters. The fraction of sp³-hybridized carbons (Fsp3) is 0.786. The molecule has 104 valence electrons. The van der Waals surface area contributed by atoms with Gasteiger partial charge in [0.25, 0.3) is 0 Å². The summed E-state index contributed by atoms with van der Waals surface area (Å²) in [4.78, 5) is 4.63. The van der Waals surface area contributed by atoms with Crippen LogP contribution in [0.3, 0.4) is 0 Å². The van der Waals surface area contributed by atoms with E-state index >= 15 is 0 Å². The molecule has 0 radical (unpaired) electrons. The van der Waals surface area contributed by atoms with Crippen LogP contribution in [0.4, 0.5) is 0 Å². The van der Waals surface area contributed by atoms with E-state index in [4.69, 9.17) is 4.74 Å². The quantitative estimate of drug-likeness (QED) is 0.780. The van der Waals surface area contributed by atoms with E-state index in [-0.39, 0.29) is 0 Å². The van der Waals surface area contributed by atoms with Crippen molar-refractivity contribution >= 4 is 6.21 Å². The van der Waals surface area contributed by atoms with Gasteiger partial charge < -0.3 is 4.74 Å². The molecule has 1 aliphatic carbocycles. The zero-order chi connectivity index (χ0) is 12.9. The summed E-state index contributed by atoms with van der Waals surface area (Å²) in [6.45, 7) is 2.64.